The number of rotatable bonds is 3. The average molecular weight is 231 g/mol. The lowest BCUT2D eigenvalue weighted by Crippen LogP contribution is -2.01. The molecule has 15 heavy (non-hydrogen) atoms. The summed E-state index contributed by atoms with van der Waals surface area (Å²) in [6, 6.07) is 1.65. The van der Waals surface area contributed by atoms with Crippen molar-refractivity contribution in [2.75, 3.05) is 14.2 Å². The van der Waals surface area contributed by atoms with Gasteiger partial charge in [-0.05, 0) is 13.8 Å². The number of halogens is 1. The smallest absolute Gasteiger partial charge is 0.164 e. The molecular formula is C11H15ClO3. The van der Waals surface area contributed by atoms with E-state index in [0.29, 0.717) is 22.1 Å². The van der Waals surface area contributed by atoms with Crippen LogP contribution in [0.2, 0.25) is 5.02 Å². The Morgan fingerprint density at radius 2 is 1.93 bits per heavy atom. The molecular weight excluding hydrogens is 216 g/mol. The summed E-state index contributed by atoms with van der Waals surface area (Å²) in [4.78, 5) is 0. The first kappa shape index (κ1) is 12.1. The molecule has 1 atom stereocenters. The van der Waals surface area contributed by atoms with Gasteiger partial charge < -0.3 is 14.6 Å². The molecule has 1 N–H and O–H groups in total. The summed E-state index contributed by atoms with van der Waals surface area (Å²) < 4.78 is 10.4. The predicted molar refractivity (Wildman–Crippen MR) is 59.9 cm³/mol. The van der Waals surface area contributed by atoms with Crippen LogP contribution in [0.1, 0.15) is 24.2 Å². The minimum absolute atomic E-state index is 0.486. The van der Waals surface area contributed by atoms with Crippen molar-refractivity contribution in [1.82, 2.24) is 0 Å². The quantitative estimate of drug-likeness (QED) is 0.868. The molecule has 0 saturated carbocycles. The topological polar surface area (TPSA) is 38.7 Å². The molecule has 0 radical (unpaired) electrons. The molecule has 0 aliphatic carbocycles. The van der Waals surface area contributed by atoms with Gasteiger partial charge in [0.25, 0.3) is 0 Å². The summed E-state index contributed by atoms with van der Waals surface area (Å²) in [7, 11) is 3.11. The highest BCUT2D eigenvalue weighted by Gasteiger charge is 2.18. The zero-order valence-corrected chi connectivity index (χ0v) is 10.1. The Kier molecular flexibility index (Phi) is 3.83. The number of methoxy groups -OCH3 is 2. The molecule has 0 fully saturated rings. The maximum Gasteiger partial charge on any atom is 0.164 e. The summed E-state index contributed by atoms with van der Waals surface area (Å²) >= 11 is 6.04. The van der Waals surface area contributed by atoms with E-state index in [4.69, 9.17) is 21.1 Å². The van der Waals surface area contributed by atoms with Gasteiger partial charge in [0.15, 0.2) is 11.5 Å². The van der Waals surface area contributed by atoms with Crippen molar-refractivity contribution in [1.29, 1.82) is 0 Å². The fourth-order valence-electron chi connectivity index (χ4n) is 1.66. The molecule has 1 unspecified atom stereocenters. The van der Waals surface area contributed by atoms with Crippen molar-refractivity contribution in [3.05, 3.63) is 22.2 Å². The lowest BCUT2D eigenvalue weighted by atomic mass is 10.0. The highest BCUT2D eigenvalue weighted by atomic mass is 35.5. The van der Waals surface area contributed by atoms with Crippen molar-refractivity contribution < 1.29 is 14.6 Å². The van der Waals surface area contributed by atoms with E-state index in [-0.39, 0.29) is 0 Å². The van der Waals surface area contributed by atoms with E-state index in [2.05, 4.69) is 0 Å². The molecule has 1 aromatic carbocycles. The Bertz CT molecular complexity index is 361. The van der Waals surface area contributed by atoms with Crippen LogP contribution < -0.4 is 9.47 Å². The van der Waals surface area contributed by atoms with Gasteiger partial charge in [0.1, 0.15) is 0 Å². The van der Waals surface area contributed by atoms with Crippen LogP contribution in [0.5, 0.6) is 11.5 Å². The number of hydrogen-bond donors (Lipinski definition) is 1. The minimum Gasteiger partial charge on any atom is -0.493 e. The van der Waals surface area contributed by atoms with Gasteiger partial charge in [-0.2, -0.15) is 0 Å². The second-order valence-corrected chi connectivity index (χ2v) is 3.72. The van der Waals surface area contributed by atoms with E-state index in [1.807, 2.05) is 6.92 Å². The largest absolute Gasteiger partial charge is 0.493 e. The van der Waals surface area contributed by atoms with Gasteiger partial charge in [-0.15, -0.1) is 0 Å². The first-order valence-electron chi connectivity index (χ1n) is 4.62. The monoisotopic (exact) mass is 230 g/mol. The van der Waals surface area contributed by atoms with Gasteiger partial charge in [0, 0.05) is 17.2 Å². The van der Waals surface area contributed by atoms with Crippen molar-refractivity contribution in [3.8, 4) is 11.5 Å². The normalized spacial score (nSPS) is 12.4. The highest BCUT2D eigenvalue weighted by molar-refractivity contribution is 6.31. The molecule has 0 aliphatic rings. The number of hydrogen-bond acceptors (Lipinski definition) is 3. The first-order chi connectivity index (χ1) is 7.02. The second kappa shape index (κ2) is 4.73. The molecule has 4 heteroatoms. The van der Waals surface area contributed by atoms with Gasteiger partial charge in [-0.25, -0.2) is 0 Å². The number of ether oxygens (including phenoxy) is 2. The van der Waals surface area contributed by atoms with E-state index < -0.39 is 6.10 Å². The van der Waals surface area contributed by atoms with E-state index in [1.54, 1.807) is 27.2 Å². The van der Waals surface area contributed by atoms with Crippen LogP contribution in [0.25, 0.3) is 0 Å². The summed E-state index contributed by atoms with van der Waals surface area (Å²) in [5.41, 5.74) is 1.48. The maximum absolute atomic E-state index is 9.59. The lowest BCUT2D eigenvalue weighted by molar-refractivity contribution is 0.198. The average Bonchev–Trinajstić information content (AvgIpc) is 2.16. The van der Waals surface area contributed by atoms with Gasteiger partial charge in [0.2, 0.25) is 0 Å². The lowest BCUT2D eigenvalue weighted by Gasteiger charge is -2.17. The van der Waals surface area contributed by atoms with Crippen molar-refractivity contribution >= 4 is 11.6 Å². The minimum atomic E-state index is -0.627. The molecule has 0 heterocycles. The Balaban J connectivity index is 3.44. The van der Waals surface area contributed by atoms with E-state index >= 15 is 0 Å². The first-order valence-corrected chi connectivity index (χ1v) is 4.99. The van der Waals surface area contributed by atoms with Crippen LogP contribution in [-0.4, -0.2) is 19.3 Å². The predicted octanol–water partition coefficient (Wildman–Crippen LogP) is 2.72. The Hall–Kier alpha value is -0.930. The van der Waals surface area contributed by atoms with Gasteiger partial charge >= 0.3 is 0 Å². The van der Waals surface area contributed by atoms with Gasteiger partial charge in [-0.3, -0.25) is 0 Å². The van der Waals surface area contributed by atoms with Crippen LogP contribution >= 0.6 is 11.6 Å². The molecule has 0 spiro atoms. The summed E-state index contributed by atoms with van der Waals surface area (Å²) in [6.45, 7) is 3.51. The van der Waals surface area contributed by atoms with Crippen LogP contribution in [0.4, 0.5) is 0 Å². The molecule has 84 valence electrons. The SMILES string of the molecule is COc1cc(Cl)c(C(C)O)c(C)c1OC. The highest BCUT2D eigenvalue weighted by Crippen LogP contribution is 2.39. The Labute approximate surface area is 94.6 Å². The third-order valence-corrected chi connectivity index (χ3v) is 2.64. The molecule has 0 saturated heterocycles. The zero-order chi connectivity index (χ0) is 11.6. The number of aliphatic hydroxyl groups is 1. The van der Waals surface area contributed by atoms with E-state index in [1.165, 1.54) is 0 Å². The standard InChI is InChI=1S/C11H15ClO3/c1-6-10(7(2)13)8(12)5-9(14-3)11(6)15-4/h5,7,13H,1-4H3. The Morgan fingerprint density at radius 1 is 1.33 bits per heavy atom. The molecule has 0 aliphatic heterocycles. The van der Waals surface area contributed by atoms with E-state index in [9.17, 15) is 5.11 Å². The number of benzene rings is 1. The molecule has 3 nitrogen and oxygen atoms in total. The van der Waals surface area contributed by atoms with Crippen LogP contribution in [0, 0.1) is 6.92 Å². The maximum atomic E-state index is 9.59. The number of aliphatic hydroxyl groups excluding tert-OH is 1. The molecule has 1 rings (SSSR count). The fraction of sp³-hybridized carbons (Fsp3) is 0.455. The Morgan fingerprint density at radius 3 is 2.33 bits per heavy atom. The van der Waals surface area contributed by atoms with Gasteiger partial charge in [-0.1, -0.05) is 11.6 Å². The molecule has 0 bridgehead atoms. The van der Waals surface area contributed by atoms with Crippen molar-refractivity contribution in [2.24, 2.45) is 0 Å². The summed E-state index contributed by atoms with van der Waals surface area (Å²) in [5, 5.41) is 10.1. The molecule has 0 amide bonds. The van der Waals surface area contributed by atoms with Crippen LogP contribution in [-0.2, 0) is 0 Å². The van der Waals surface area contributed by atoms with Crippen molar-refractivity contribution in [3.63, 3.8) is 0 Å². The third kappa shape index (κ3) is 2.19. The van der Waals surface area contributed by atoms with Crippen LogP contribution in [0.3, 0.4) is 0 Å². The second-order valence-electron chi connectivity index (χ2n) is 3.31. The zero-order valence-electron chi connectivity index (χ0n) is 9.30. The molecule has 0 aromatic heterocycles. The third-order valence-electron chi connectivity index (χ3n) is 2.33. The van der Waals surface area contributed by atoms with E-state index in [0.717, 1.165) is 5.56 Å². The molecule has 1 aromatic rings. The summed E-state index contributed by atoms with van der Waals surface area (Å²) in [5.74, 6) is 1.18. The van der Waals surface area contributed by atoms with Crippen LogP contribution in [0.15, 0.2) is 6.07 Å². The summed E-state index contributed by atoms with van der Waals surface area (Å²) in [6.07, 6.45) is -0.627. The van der Waals surface area contributed by atoms with Gasteiger partial charge in [0.05, 0.1) is 25.3 Å². The fourth-order valence-corrected chi connectivity index (χ4v) is 2.06. The van der Waals surface area contributed by atoms with Crippen molar-refractivity contribution in [2.45, 2.75) is 20.0 Å².